The van der Waals surface area contributed by atoms with Gasteiger partial charge in [-0.1, -0.05) is 188 Å². The average molecular weight is 1170 g/mol. The molecule has 0 saturated carbocycles. The fourth-order valence-corrected chi connectivity index (χ4v) is 13.1. The Morgan fingerprint density at radius 1 is 0.258 bits per heavy atom. The average Bonchev–Trinajstić information content (AvgIpc) is 1.73. The molecule has 0 saturated heterocycles. The first kappa shape index (κ1) is 53.2. The van der Waals surface area contributed by atoms with E-state index < -0.39 is 23.5 Å². The maximum absolute atomic E-state index is 15.0. The molecule has 0 bridgehead atoms. The molecule has 0 spiro atoms. The molecule has 4 heterocycles. The van der Waals surface area contributed by atoms with Gasteiger partial charge in [0.2, 0.25) is 0 Å². The molecule has 0 atom stereocenters. The van der Waals surface area contributed by atoms with Crippen LogP contribution in [0.1, 0.15) is 11.1 Å². The summed E-state index contributed by atoms with van der Waals surface area (Å²) in [5.74, 6) is 0.472. The van der Waals surface area contributed by atoms with Crippen LogP contribution in [-0.2, 0) is 12.4 Å². The van der Waals surface area contributed by atoms with Gasteiger partial charge in [-0.05, 0) is 119 Å². The monoisotopic (exact) mass is 1170 g/mol. The summed E-state index contributed by atoms with van der Waals surface area (Å²) in [6, 6.07) is 91.4. The zero-order valence-corrected chi connectivity index (χ0v) is 47.1. The van der Waals surface area contributed by atoms with Crippen molar-refractivity contribution in [2.24, 2.45) is 0 Å². The van der Waals surface area contributed by atoms with E-state index in [2.05, 4.69) is 147 Å². The van der Waals surface area contributed by atoms with Gasteiger partial charge in [-0.2, -0.15) is 26.3 Å². The summed E-state index contributed by atoms with van der Waals surface area (Å²) in [7, 11) is 0. The molecule has 89 heavy (non-hydrogen) atoms. The van der Waals surface area contributed by atoms with Crippen LogP contribution in [0.15, 0.2) is 285 Å². The fourth-order valence-electron chi connectivity index (χ4n) is 13.1. The smallest absolute Gasteiger partial charge is 0.309 e. The van der Waals surface area contributed by atoms with Crippen molar-refractivity contribution >= 4 is 65.4 Å². The first-order valence-corrected chi connectivity index (χ1v) is 29.1. The second-order valence-electron chi connectivity index (χ2n) is 22.3. The lowest BCUT2D eigenvalue weighted by atomic mass is 9.91. The van der Waals surface area contributed by atoms with Gasteiger partial charge >= 0.3 is 12.4 Å². The number of halogens is 6. The Kier molecular flexibility index (Phi) is 12.4. The minimum absolute atomic E-state index is 0.111. The summed E-state index contributed by atoms with van der Waals surface area (Å²) < 4.78 is 94.2. The van der Waals surface area contributed by atoms with Gasteiger partial charge in [0.25, 0.3) is 0 Å². The molecule has 0 N–H and O–H groups in total. The van der Waals surface area contributed by atoms with E-state index >= 15 is 13.2 Å². The Morgan fingerprint density at radius 2 is 0.652 bits per heavy atom. The summed E-state index contributed by atoms with van der Waals surface area (Å²) in [5, 5.41) is 5.74. The number of alkyl halides is 6. The SMILES string of the molecule is FC(F)(F)c1ccc(-c2ccc3c(c2)c2ccccc2n3-c2c(-c3cccc(-n4c5ccccc5c5ccccc54)c3)cc(-c3nc(-c4ccccc4)cc(-c4ccccc4)n3)cc2-c2cccc(-n3c4ccccc4c4ccccc43)c2)c(C(F)(F)F)c1. The number of benzene rings is 12. The van der Waals surface area contributed by atoms with E-state index in [-0.39, 0.29) is 17.2 Å². The number of aromatic nitrogens is 5. The molecule has 11 heteroatoms. The second kappa shape index (κ2) is 20.7. The maximum atomic E-state index is 15.0. The molecule has 5 nitrogen and oxygen atoms in total. The van der Waals surface area contributed by atoms with Crippen LogP contribution in [0.2, 0.25) is 0 Å². The van der Waals surface area contributed by atoms with Crippen molar-refractivity contribution in [2.75, 3.05) is 0 Å². The molecule has 16 rings (SSSR count). The van der Waals surface area contributed by atoms with Gasteiger partial charge in [-0.3, -0.25) is 0 Å². The normalized spacial score (nSPS) is 12.2. The van der Waals surface area contributed by atoms with E-state index in [0.29, 0.717) is 28.4 Å². The summed E-state index contributed by atoms with van der Waals surface area (Å²) in [6.07, 6.45) is -10.1. The number of fused-ring (bicyclic) bond motifs is 9. The fraction of sp³-hybridized carbons (Fsp3) is 0.0256. The minimum atomic E-state index is -5.10. The molecule has 0 aliphatic heterocycles. The number of rotatable bonds is 9. The van der Waals surface area contributed by atoms with Crippen LogP contribution in [0.3, 0.4) is 0 Å². The third-order valence-corrected chi connectivity index (χ3v) is 17.1. The minimum Gasteiger partial charge on any atom is -0.309 e. The lowest BCUT2D eigenvalue weighted by molar-refractivity contribution is -0.142. The van der Waals surface area contributed by atoms with Crippen LogP contribution in [0.5, 0.6) is 0 Å². The van der Waals surface area contributed by atoms with Crippen molar-refractivity contribution in [1.29, 1.82) is 0 Å². The molecule has 16 aromatic rings. The van der Waals surface area contributed by atoms with E-state index in [1.165, 1.54) is 0 Å². The zero-order chi connectivity index (χ0) is 60.1. The van der Waals surface area contributed by atoms with Crippen molar-refractivity contribution < 1.29 is 26.3 Å². The quantitative estimate of drug-likeness (QED) is 0.135. The standard InChI is InChI=1S/C78H47F6N5/c79-77(80,81)54-38-39-57(66(46-54)78(82,83)84)52-37-40-74-65(43-52)62-31-11-16-36-73(62)89(74)75-63(50-23-17-25-55(41-50)87-69-32-12-7-27-58(69)59-28-8-13-33-70(59)87)44-53(76-85-67(48-19-3-1-4-20-48)47-68(86-76)49-21-5-2-6-22-49)45-64(75)51-24-18-26-56(42-51)88-71-34-14-9-29-60(71)61-30-10-15-35-72(61)88/h1-47H. The van der Waals surface area contributed by atoms with Crippen molar-refractivity contribution in [1.82, 2.24) is 23.7 Å². The van der Waals surface area contributed by atoms with Crippen LogP contribution >= 0.6 is 0 Å². The van der Waals surface area contributed by atoms with Gasteiger partial charge in [0, 0.05) is 71.5 Å². The molecule has 0 fully saturated rings. The molecule has 0 unspecified atom stereocenters. The number of para-hydroxylation sites is 5. The molecule has 0 aliphatic rings. The van der Waals surface area contributed by atoms with Crippen LogP contribution in [0.4, 0.5) is 26.3 Å². The predicted octanol–water partition coefficient (Wildman–Crippen LogP) is 21.8. The van der Waals surface area contributed by atoms with Gasteiger partial charge in [0.15, 0.2) is 5.82 Å². The Balaban J connectivity index is 1.03. The Morgan fingerprint density at radius 3 is 1.10 bits per heavy atom. The molecular weight excluding hydrogens is 1120 g/mol. The van der Waals surface area contributed by atoms with Crippen LogP contribution in [0.25, 0.3) is 150 Å². The lowest BCUT2D eigenvalue weighted by Crippen LogP contribution is -2.12. The highest BCUT2D eigenvalue weighted by Gasteiger charge is 2.39. The lowest BCUT2D eigenvalue weighted by Gasteiger charge is -2.22. The van der Waals surface area contributed by atoms with Gasteiger partial charge in [0.1, 0.15) is 0 Å². The molecule has 0 amide bonds. The van der Waals surface area contributed by atoms with Gasteiger partial charge in [-0.25, -0.2) is 9.97 Å². The third kappa shape index (κ3) is 9.03. The summed E-state index contributed by atoms with van der Waals surface area (Å²) in [6.45, 7) is 0. The van der Waals surface area contributed by atoms with Crippen LogP contribution in [-0.4, -0.2) is 23.7 Å². The molecule has 0 aliphatic carbocycles. The van der Waals surface area contributed by atoms with Crippen molar-refractivity contribution in [3.05, 3.63) is 296 Å². The molecule has 12 aromatic carbocycles. The van der Waals surface area contributed by atoms with Gasteiger partial charge in [0.05, 0.1) is 61.3 Å². The summed E-state index contributed by atoms with van der Waals surface area (Å²) in [5.41, 5.74) is 12.3. The van der Waals surface area contributed by atoms with Crippen LogP contribution < -0.4 is 0 Å². The topological polar surface area (TPSA) is 40.6 Å². The first-order valence-electron chi connectivity index (χ1n) is 29.1. The van der Waals surface area contributed by atoms with Crippen molar-refractivity contribution in [3.8, 4) is 84.3 Å². The van der Waals surface area contributed by atoms with Crippen molar-refractivity contribution in [3.63, 3.8) is 0 Å². The van der Waals surface area contributed by atoms with Crippen molar-refractivity contribution in [2.45, 2.75) is 12.4 Å². The Bertz CT molecular complexity index is 5140. The maximum Gasteiger partial charge on any atom is 0.417 e. The zero-order valence-electron chi connectivity index (χ0n) is 47.1. The second-order valence-corrected chi connectivity index (χ2v) is 22.3. The highest BCUT2D eigenvalue weighted by molar-refractivity contribution is 6.13. The van der Waals surface area contributed by atoms with E-state index in [0.717, 1.165) is 122 Å². The molecule has 4 aromatic heterocycles. The van der Waals surface area contributed by atoms with Crippen LogP contribution in [0, 0.1) is 0 Å². The Labute approximate surface area is 505 Å². The first-order chi connectivity index (χ1) is 43.4. The predicted molar refractivity (Wildman–Crippen MR) is 348 cm³/mol. The molecule has 0 radical (unpaired) electrons. The highest BCUT2D eigenvalue weighted by atomic mass is 19.4. The van der Waals surface area contributed by atoms with E-state index in [1.54, 1.807) is 18.2 Å². The molecular formula is C78H47F6N5. The summed E-state index contributed by atoms with van der Waals surface area (Å²) >= 11 is 0. The highest BCUT2D eigenvalue weighted by Crippen LogP contribution is 2.48. The van der Waals surface area contributed by atoms with E-state index in [4.69, 9.17) is 9.97 Å². The number of nitrogens with zero attached hydrogens (tertiary/aromatic N) is 5. The van der Waals surface area contributed by atoms with E-state index in [1.807, 2.05) is 115 Å². The Hall–Kier alpha value is -11.3. The number of hydrogen-bond donors (Lipinski definition) is 0. The molecule has 426 valence electrons. The van der Waals surface area contributed by atoms with Gasteiger partial charge in [-0.15, -0.1) is 0 Å². The van der Waals surface area contributed by atoms with Gasteiger partial charge < -0.3 is 13.7 Å². The summed E-state index contributed by atoms with van der Waals surface area (Å²) in [4.78, 5) is 10.9. The van der Waals surface area contributed by atoms with E-state index in [9.17, 15) is 13.2 Å². The largest absolute Gasteiger partial charge is 0.417 e. The number of hydrogen-bond acceptors (Lipinski definition) is 2. The third-order valence-electron chi connectivity index (χ3n) is 17.1.